The maximum atomic E-state index is 11.6. The summed E-state index contributed by atoms with van der Waals surface area (Å²) in [5, 5.41) is 5.06. The first-order chi connectivity index (χ1) is 29.3. The molecule has 8 rings (SSSR count). The Bertz CT molecular complexity index is 2750. The molecule has 8 heteroatoms. The van der Waals surface area contributed by atoms with Gasteiger partial charge in [0.25, 0.3) is 10.1 Å². The average molecular weight is 851 g/mol. The number of hydrogen-bond donors (Lipinski definition) is 2. The lowest BCUT2D eigenvalue weighted by Gasteiger charge is -2.28. The standard InChI is InChI=1S/C53H59N3O3S2/c1-6-7-12-34-55-45-30-22-37-16-8-10-20-43(37)49(45)52(2,3)47(55)32-24-39-18-15-19-40(51(39)60-42-28-26-41(54)27-29-42)25-33-48-53(4,5)50-44-21-11-9-17-38(44)23-31-46(50)56(48)35-13-14-36-61(57,58)59/h8-11,16-17,20-33H,6-7,12-15,18-19,34-36,54H2,1-5H3/p+1. The van der Waals surface area contributed by atoms with E-state index in [2.05, 4.69) is 153 Å². The molecule has 0 saturated carbocycles. The van der Waals surface area contributed by atoms with E-state index in [1.165, 1.54) is 78.7 Å². The van der Waals surface area contributed by atoms with Gasteiger partial charge in [0.2, 0.25) is 5.69 Å². The highest BCUT2D eigenvalue weighted by Gasteiger charge is 2.45. The molecule has 0 fully saturated rings. The third-order valence-electron chi connectivity index (χ3n) is 13.0. The van der Waals surface area contributed by atoms with E-state index in [9.17, 15) is 13.0 Å². The van der Waals surface area contributed by atoms with E-state index in [0.717, 1.165) is 48.5 Å². The lowest BCUT2D eigenvalue weighted by molar-refractivity contribution is -0.438. The van der Waals surface area contributed by atoms with Gasteiger partial charge in [-0.2, -0.15) is 13.0 Å². The summed E-state index contributed by atoms with van der Waals surface area (Å²) < 4.78 is 35.2. The fourth-order valence-corrected chi connectivity index (χ4v) is 11.7. The van der Waals surface area contributed by atoms with Gasteiger partial charge < -0.3 is 10.6 Å². The number of benzene rings is 5. The van der Waals surface area contributed by atoms with Crippen LogP contribution in [0.1, 0.15) is 97.1 Å². The Balaban J connectivity index is 1.23. The minimum Gasteiger partial charge on any atom is -0.399 e. The molecule has 316 valence electrons. The summed E-state index contributed by atoms with van der Waals surface area (Å²) in [6.07, 6.45) is 17.1. The van der Waals surface area contributed by atoms with Crippen molar-refractivity contribution in [2.75, 3.05) is 29.5 Å². The first-order valence-electron chi connectivity index (χ1n) is 22.1. The van der Waals surface area contributed by atoms with Crippen molar-refractivity contribution in [3.8, 4) is 0 Å². The normalized spacial score (nSPS) is 18.7. The van der Waals surface area contributed by atoms with Crippen molar-refractivity contribution < 1.29 is 17.5 Å². The van der Waals surface area contributed by atoms with Crippen LogP contribution in [0.25, 0.3) is 21.5 Å². The van der Waals surface area contributed by atoms with Crippen LogP contribution in [-0.2, 0) is 20.9 Å². The second kappa shape index (κ2) is 17.5. The second-order valence-electron chi connectivity index (χ2n) is 18.0. The SMILES string of the molecule is CCCCCN1/C(=C/C=C2\CCCC(/C=C/C3=[N+](CCCCS(=O)(=O)O)c4ccc5ccccc5c4C3(C)C)=C2Sc2ccc(N)cc2)C(C)(C)c2c1ccc1ccccc21. The van der Waals surface area contributed by atoms with Crippen LogP contribution >= 0.6 is 11.8 Å². The Morgan fingerprint density at radius 1 is 0.770 bits per heavy atom. The molecule has 0 spiro atoms. The van der Waals surface area contributed by atoms with Gasteiger partial charge in [-0.1, -0.05) is 112 Å². The smallest absolute Gasteiger partial charge is 0.264 e. The molecule has 1 aliphatic carbocycles. The molecule has 3 aliphatic rings. The summed E-state index contributed by atoms with van der Waals surface area (Å²) in [5.41, 5.74) is 16.8. The molecule has 6 nitrogen and oxygen atoms in total. The first-order valence-corrected chi connectivity index (χ1v) is 24.5. The van der Waals surface area contributed by atoms with Crippen LogP contribution in [0.5, 0.6) is 0 Å². The van der Waals surface area contributed by atoms with Crippen molar-refractivity contribution >= 4 is 66.2 Å². The van der Waals surface area contributed by atoms with Gasteiger partial charge in [0.05, 0.1) is 11.2 Å². The van der Waals surface area contributed by atoms with Crippen LogP contribution in [-0.4, -0.2) is 42.1 Å². The van der Waals surface area contributed by atoms with Crippen molar-refractivity contribution in [3.63, 3.8) is 0 Å². The quantitative estimate of drug-likeness (QED) is 0.0501. The van der Waals surface area contributed by atoms with Gasteiger partial charge in [-0.05, 0) is 127 Å². The summed E-state index contributed by atoms with van der Waals surface area (Å²) in [4.78, 5) is 5.05. The van der Waals surface area contributed by atoms with Crippen LogP contribution in [0, 0.1) is 0 Å². The van der Waals surface area contributed by atoms with E-state index in [1.54, 1.807) is 0 Å². The second-order valence-corrected chi connectivity index (χ2v) is 20.6. The fraction of sp³-hybridized carbons (Fsp3) is 0.340. The molecule has 0 atom stereocenters. The molecule has 0 unspecified atom stereocenters. The summed E-state index contributed by atoms with van der Waals surface area (Å²) >= 11 is 1.83. The van der Waals surface area contributed by atoms with Crippen molar-refractivity contribution in [2.45, 2.75) is 102 Å². The van der Waals surface area contributed by atoms with Crippen molar-refractivity contribution in [1.82, 2.24) is 0 Å². The van der Waals surface area contributed by atoms with E-state index in [1.807, 2.05) is 23.9 Å². The number of allylic oxidation sites excluding steroid dienone is 7. The molecule has 5 aromatic rings. The molecular weight excluding hydrogens is 791 g/mol. The molecule has 61 heavy (non-hydrogen) atoms. The minimum absolute atomic E-state index is 0.181. The largest absolute Gasteiger partial charge is 0.399 e. The van der Waals surface area contributed by atoms with Gasteiger partial charge in [-0.3, -0.25) is 4.55 Å². The molecule has 2 heterocycles. The van der Waals surface area contributed by atoms with Crippen molar-refractivity contribution in [2.24, 2.45) is 0 Å². The number of thioether (sulfide) groups is 1. The number of nitrogens with two attached hydrogens (primary N) is 1. The molecular formula is C53H60N3O3S2+. The average Bonchev–Trinajstić information content (AvgIpc) is 3.59. The zero-order valence-electron chi connectivity index (χ0n) is 36.4. The molecule has 0 aromatic heterocycles. The summed E-state index contributed by atoms with van der Waals surface area (Å²) in [6, 6.07) is 34.7. The number of rotatable bonds is 14. The van der Waals surface area contributed by atoms with Gasteiger partial charge in [0.15, 0.2) is 5.71 Å². The molecule has 2 aliphatic heterocycles. The highest BCUT2D eigenvalue weighted by molar-refractivity contribution is 8.03. The fourth-order valence-electron chi connectivity index (χ4n) is 9.99. The molecule has 5 aromatic carbocycles. The van der Waals surface area contributed by atoms with E-state index in [-0.39, 0.29) is 16.6 Å². The van der Waals surface area contributed by atoms with Crippen LogP contribution in [0.3, 0.4) is 0 Å². The van der Waals surface area contributed by atoms with Gasteiger partial charge in [0.1, 0.15) is 6.54 Å². The van der Waals surface area contributed by atoms with Crippen LogP contribution in [0.4, 0.5) is 17.1 Å². The van der Waals surface area contributed by atoms with E-state index < -0.39 is 10.1 Å². The van der Waals surface area contributed by atoms with Crippen molar-refractivity contribution in [1.29, 1.82) is 0 Å². The number of nitrogen functional groups attached to an aromatic ring is 1. The first kappa shape index (κ1) is 42.8. The molecule has 0 saturated heterocycles. The van der Waals surface area contributed by atoms with Crippen LogP contribution in [0.2, 0.25) is 0 Å². The van der Waals surface area contributed by atoms with E-state index in [0.29, 0.717) is 19.4 Å². The highest BCUT2D eigenvalue weighted by atomic mass is 32.2. The van der Waals surface area contributed by atoms with E-state index in [4.69, 9.17) is 5.73 Å². The maximum absolute atomic E-state index is 11.6. The lowest BCUT2D eigenvalue weighted by atomic mass is 9.78. The Labute approximate surface area is 367 Å². The van der Waals surface area contributed by atoms with Gasteiger partial charge >= 0.3 is 0 Å². The Kier molecular flexibility index (Phi) is 12.3. The minimum atomic E-state index is -4.03. The predicted octanol–water partition coefficient (Wildman–Crippen LogP) is 13.2. The predicted molar refractivity (Wildman–Crippen MR) is 259 cm³/mol. The summed E-state index contributed by atoms with van der Waals surface area (Å²) in [6.45, 7) is 13.3. The third kappa shape index (κ3) is 8.64. The summed E-state index contributed by atoms with van der Waals surface area (Å²) in [5.74, 6) is -0.236. The number of unbranched alkanes of at least 4 members (excludes halogenated alkanes) is 3. The molecule has 0 bridgehead atoms. The number of fused-ring (bicyclic) bond motifs is 6. The third-order valence-corrected chi connectivity index (χ3v) is 15.0. The molecule has 3 N–H and O–H groups in total. The zero-order chi connectivity index (χ0) is 42.9. The lowest BCUT2D eigenvalue weighted by Crippen LogP contribution is -2.28. The monoisotopic (exact) mass is 850 g/mol. The highest BCUT2D eigenvalue weighted by Crippen LogP contribution is 2.52. The van der Waals surface area contributed by atoms with E-state index >= 15 is 0 Å². The number of anilines is 2. The Morgan fingerprint density at radius 3 is 2.16 bits per heavy atom. The maximum Gasteiger partial charge on any atom is 0.264 e. The van der Waals surface area contributed by atoms with Crippen LogP contribution in [0.15, 0.2) is 148 Å². The zero-order valence-corrected chi connectivity index (χ0v) is 38.0. The molecule has 0 amide bonds. The number of hydrogen-bond acceptors (Lipinski definition) is 5. The van der Waals surface area contributed by atoms with Gasteiger partial charge in [-0.25, -0.2) is 0 Å². The molecule has 0 radical (unpaired) electrons. The summed E-state index contributed by atoms with van der Waals surface area (Å²) in [7, 11) is -4.03. The number of nitrogens with zero attached hydrogens (tertiary/aromatic N) is 2. The Hall–Kier alpha value is -4.89. The van der Waals surface area contributed by atoms with Gasteiger partial charge in [0, 0.05) is 63.0 Å². The topological polar surface area (TPSA) is 86.6 Å². The van der Waals surface area contributed by atoms with Gasteiger partial charge in [-0.15, -0.1) is 0 Å². The van der Waals surface area contributed by atoms with Crippen LogP contribution < -0.4 is 10.6 Å². The Morgan fingerprint density at radius 2 is 1.46 bits per heavy atom. The van der Waals surface area contributed by atoms with Crippen molar-refractivity contribution in [3.05, 3.63) is 154 Å².